The molecule has 27 heavy (non-hydrogen) atoms. The van der Waals surface area contributed by atoms with Gasteiger partial charge in [0.1, 0.15) is 0 Å². The Morgan fingerprint density at radius 1 is 0.778 bits per heavy atom. The van der Waals surface area contributed by atoms with Crippen molar-refractivity contribution in [1.29, 1.82) is 0 Å². The van der Waals surface area contributed by atoms with Gasteiger partial charge in [-0.1, -0.05) is 0 Å². The van der Waals surface area contributed by atoms with Gasteiger partial charge in [0.15, 0.2) is 0 Å². The number of nitrogens with zero attached hydrogens (tertiary/aromatic N) is 1. The molecule has 0 saturated carbocycles. The van der Waals surface area contributed by atoms with E-state index in [0.717, 1.165) is 9.81 Å². The second kappa shape index (κ2) is 8.60. The van der Waals surface area contributed by atoms with Gasteiger partial charge in [-0.3, -0.25) is 0 Å². The predicted molar refractivity (Wildman–Crippen MR) is 138 cm³/mol. The molecule has 0 N–H and O–H groups in total. The van der Waals surface area contributed by atoms with Crippen molar-refractivity contribution in [2.75, 3.05) is 19.6 Å². The molecule has 5 heteroatoms. The van der Waals surface area contributed by atoms with Gasteiger partial charge < -0.3 is 0 Å². The van der Waals surface area contributed by atoms with Crippen molar-refractivity contribution in [3.05, 3.63) is 91.0 Å². The molecule has 0 unspecified atom stereocenters. The maximum absolute atomic E-state index is 5.65. The second-order valence-electron chi connectivity index (χ2n) is 6.62. The molecule has 0 saturated heterocycles. The first-order chi connectivity index (χ1) is 13.0. The molecule has 140 valence electrons. The van der Waals surface area contributed by atoms with E-state index in [1.807, 2.05) is 19.0 Å². The van der Waals surface area contributed by atoms with E-state index in [1.54, 1.807) is 11.8 Å². The van der Waals surface area contributed by atoms with Gasteiger partial charge in [-0.25, -0.2) is 0 Å². The third-order valence-corrected chi connectivity index (χ3v) is 20.1. The van der Waals surface area contributed by atoms with Gasteiger partial charge in [0, 0.05) is 0 Å². The van der Waals surface area contributed by atoms with Crippen LogP contribution in [-0.2, 0) is 0 Å². The molecule has 0 heterocycles. The predicted octanol–water partition coefficient (Wildman–Crippen LogP) is 5.40. The van der Waals surface area contributed by atoms with Crippen LogP contribution in [0.2, 0.25) is 0 Å². The number of thiocarbonyl (C=S) groups is 1. The summed E-state index contributed by atoms with van der Waals surface area (Å²) >= 11 is 10.2. The third kappa shape index (κ3) is 3.95. The number of halogens is 1. The molecule has 0 spiro atoms. The topological polar surface area (TPSA) is 3.24 Å². The first kappa shape index (κ1) is 20.8. The fourth-order valence-corrected chi connectivity index (χ4v) is 14.5. The van der Waals surface area contributed by atoms with Crippen LogP contribution >= 0.6 is 50.3 Å². The van der Waals surface area contributed by atoms with Crippen LogP contribution in [0.5, 0.6) is 0 Å². The Morgan fingerprint density at radius 3 is 1.41 bits per heavy atom. The Labute approximate surface area is 185 Å². The molecule has 0 aliphatic heterocycles. The van der Waals surface area contributed by atoms with E-state index in [9.17, 15) is 0 Å². The van der Waals surface area contributed by atoms with Gasteiger partial charge in [-0.2, -0.15) is 0 Å². The number of thioether (sulfide) groups is 1. The van der Waals surface area contributed by atoms with Crippen molar-refractivity contribution >= 4 is 70.5 Å². The van der Waals surface area contributed by atoms with Gasteiger partial charge in [-0.15, -0.1) is 0 Å². The molecule has 0 atom stereocenters. The molecule has 0 fully saturated rings. The molecule has 0 aliphatic rings. The number of rotatable bonds is 5. The van der Waals surface area contributed by atoms with Crippen LogP contribution in [0.4, 0.5) is 0 Å². The Kier molecular flexibility index (Phi) is 6.62. The van der Waals surface area contributed by atoms with E-state index in [4.69, 9.17) is 12.2 Å². The zero-order valence-electron chi connectivity index (χ0n) is 15.5. The molecular formula is C22H23INPS2. The fourth-order valence-electron chi connectivity index (χ4n) is 3.19. The van der Waals surface area contributed by atoms with E-state index < -0.39 is 4.25 Å². The van der Waals surface area contributed by atoms with Crippen LogP contribution in [0, 0.1) is 0 Å². The Morgan fingerprint density at radius 2 is 1.11 bits per heavy atom. The Hall–Kier alpha value is -0.940. The molecular weight excluding hydrogens is 500 g/mol. The van der Waals surface area contributed by atoms with E-state index >= 15 is 0 Å². The van der Waals surface area contributed by atoms with Gasteiger partial charge in [0.2, 0.25) is 0 Å². The summed E-state index contributed by atoms with van der Waals surface area (Å²) in [7, 11) is 4.04. The summed E-state index contributed by atoms with van der Waals surface area (Å²) in [6.07, 6.45) is 0. The summed E-state index contributed by atoms with van der Waals surface area (Å²) in [6, 6.07) is 32.9. The molecule has 0 aromatic heterocycles. The molecule has 3 aromatic rings. The van der Waals surface area contributed by atoms with Crippen LogP contribution in [-0.4, -0.2) is 28.8 Å². The third-order valence-electron chi connectivity index (χ3n) is 4.68. The van der Waals surface area contributed by atoms with Crippen LogP contribution in [0.25, 0.3) is 0 Å². The Balaban J connectivity index is 2.30. The number of benzene rings is 3. The second-order valence-corrected chi connectivity index (χ2v) is 19.3. The van der Waals surface area contributed by atoms with Gasteiger partial charge in [0.25, 0.3) is 0 Å². The molecule has 1 nitrogen and oxygen atoms in total. The number of hydrogen-bond acceptors (Lipinski definition) is 2. The summed E-state index contributed by atoms with van der Waals surface area (Å²) in [5.41, 5.74) is 0.932. The first-order valence-electron chi connectivity index (χ1n) is 8.70. The normalized spacial score (nSPS) is 12.8. The summed E-state index contributed by atoms with van der Waals surface area (Å²) in [5, 5.41) is 4.15. The average molecular weight is 523 g/mol. The standard InChI is InChI=1S/C22H23INPS2/c1-24(2)22(26)27-18-25(23,19-12-6-3-7-13-19,20-14-8-4-9-15-20)21-16-10-5-11-17-21/h3-17H,18H2,1-2H3. The average Bonchev–Trinajstić information content (AvgIpc) is 2.74. The SMILES string of the molecule is CN(C)C(=S)SCP(I)(c1ccccc1)(c1ccccc1)c1ccccc1. The maximum atomic E-state index is 5.65. The van der Waals surface area contributed by atoms with E-state index in [0.29, 0.717) is 0 Å². The van der Waals surface area contributed by atoms with Crippen molar-refractivity contribution in [1.82, 2.24) is 4.90 Å². The van der Waals surface area contributed by atoms with Crippen molar-refractivity contribution < 1.29 is 0 Å². The van der Waals surface area contributed by atoms with Gasteiger partial charge in [-0.05, 0) is 0 Å². The summed E-state index contributed by atoms with van der Waals surface area (Å²) in [4.78, 5) is 2.03. The van der Waals surface area contributed by atoms with Crippen molar-refractivity contribution in [2.45, 2.75) is 0 Å². The van der Waals surface area contributed by atoms with Gasteiger partial charge >= 0.3 is 186 Å². The molecule has 0 radical (unpaired) electrons. The summed E-state index contributed by atoms with van der Waals surface area (Å²) in [5.74, 6) is 0. The minimum atomic E-state index is -2.73. The molecule has 0 aliphatic carbocycles. The minimum absolute atomic E-state index is 0.920. The van der Waals surface area contributed by atoms with E-state index in [-0.39, 0.29) is 0 Å². The molecule has 0 bridgehead atoms. The summed E-state index contributed by atoms with van der Waals surface area (Å²) < 4.78 is -1.81. The first-order valence-corrected chi connectivity index (χ1v) is 15.3. The molecule has 3 aromatic carbocycles. The van der Waals surface area contributed by atoms with Crippen molar-refractivity contribution in [2.24, 2.45) is 0 Å². The van der Waals surface area contributed by atoms with Crippen molar-refractivity contribution in [3.8, 4) is 0 Å². The molecule has 3 rings (SSSR count). The molecule has 0 amide bonds. The van der Waals surface area contributed by atoms with Crippen LogP contribution < -0.4 is 15.9 Å². The van der Waals surface area contributed by atoms with Crippen LogP contribution in [0.1, 0.15) is 0 Å². The van der Waals surface area contributed by atoms with Crippen LogP contribution in [0.15, 0.2) is 91.0 Å². The zero-order valence-corrected chi connectivity index (χ0v) is 20.1. The monoisotopic (exact) mass is 523 g/mol. The van der Waals surface area contributed by atoms with Gasteiger partial charge in [0.05, 0.1) is 0 Å². The fraction of sp³-hybridized carbons (Fsp3) is 0.136. The summed E-state index contributed by atoms with van der Waals surface area (Å²) in [6.45, 7) is 0. The van der Waals surface area contributed by atoms with Crippen LogP contribution in [0.3, 0.4) is 0 Å². The zero-order chi connectivity index (χ0) is 19.4. The number of hydrogen-bond donors (Lipinski definition) is 0. The van der Waals surface area contributed by atoms with E-state index in [2.05, 4.69) is 113 Å². The quantitative estimate of drug-likeness (QED) is 0.251. The van der Waals surface area contributed by atoms with Crippen molar-refractivity contribution in [3.63, 3.8) is 0 Å². The Bertz CT molecular complexity index is 802. The van der Waals surface area contributed by atoms with E-state index in [1.165, 1.54) is 15.9 Å².